The summed E-state index contributed by atoms with van der Waals surface area (Å²) in [5, 5.41) is 15.4. The average molecular weight is 1120 g/mol. The second-order valence-corrected chi connectivity index (χ2v) is 21.9. The SMILES string of the molecule is N#Cc1ccccc1-c1c(-n2c3cc(-c4cccc(-c5ccccc5)n4)ccc3c3ccc(-c4cccc(-c5ccccc5)n4)cc32)cncc1-n1c2cc(-c3cccc(-c4ccccc4)n3)ccc2c2ccc(-c3cccc(-c4ccccc4)n3)cc21. The average Bonchev–Trinajstić information content (AvgIpc) is 2.27. The molecule has 0 saturated carbocycles. The molecular weight excluding hydrogens is 1070 g/mol. The number of nitriles is 1. The number of rotatable bonds is 11. The highest BCUT2D eigenvalue weighted by Gasteiger charge is 2.26. The van der Waals surface area contributed by atoms with E-state index in [0.29, 0.717) is 5.56 Å². The Bertz CT molecular complexity index is 4810. The molecule has 0 unspecified atom stereocenters. The van der Waals surface area contributed by atoms with Gasteiger partial charge in [-0.2, -0.15) is 5.26 Å². The smallest absolute Gasteiger partial charge is 0.0998 e. The van der Waals surface area contributed by atoms with Crippen molar-refractivity contribution in [1.82, 2.24) is 34.1 Å². The Morgan fingerprint density at radius 3 is 0.830 bits per heavy atom. The van der Waals surface area contributed by atoms with Crippen LogP contribution in [0.25, 0.3) is 156 Å². The molecule has 0 aliphatic carbocycles. The van der Waals surface area contributed by atoms with Crippen molar-refractivity contribution in [2.75, 3.05) is 0 Å². The van der Waals surface area contributed by atoms with E-state index in [1.165, 1.54) is 0 Å². The van der Waals surface area contributed by atoms with Gasteiger partial charge in [0.1, 0.15) is 0 Å². The molecule has 16 aromatic rings. The van der Waals surface area contributed by atoms with E-state index in [2.05, 4.69) is 215 Å². The van der Waals surface area contributed by atoms with Crippen molar-refractivity contribution < 1.29 is 0 Å². The maximum Gasteiger partial charge on any atom is 0.0998 e. The van der Waals surface area contributed by atoms with Crippen LogP contribution >= 0.6 is 0 Å². The topological polar surface area (TPSA) is 98.1 Å². The van der Waals surface area contributed by atoms with E-state index >= 15 is 0 Å². The minimum absolute atomic E-state index is 0.521. The third-order valence-electron chi connectivity index (χ3n) is 16.7. The second-order valence-electron chi connectivity index (χ2n) is 21.9. The zero-order valence-electron chi connectivity index (χ0n) is 47.4. The number of pyridine rings is 5. The van der Waals surface area contributed by atoms with Crippen molar-refractivity contribution in [3.63, 3.8) is 0 Å². The number of fused-ring (bicyclic) bond motifs is 6. The van der Waals surface area contributed by atoms with Gasteiger partial charge in [-0.3, -0.25) is 4.98 Å². The molecule has 0 aliphatic rings. The molecule has 88 heavy (non-hydrogen) atoms. The number of hydrogen-bond acceptors (Lipinski definition) is 6. The molecule has 410 valence electrons. The Hall–Kier alpha value is -12.2. The summed E-state index contributed by atoms with van der Waals surface area (Å²) in [6.45, 7) is 0. The van der Waals surface area contributed by atoms with Crippen LogP contribution in [0.5, 0.6) is 0 Å². The maximum absolute atomic E-state index is 11.3. The summed E-state index contributed by atoms with van der Waals surface area (Å²) < 4.78 is 4.67. The van der Waals surface area contributed by atoms with Crippen molar-refractivity contribution >= 4 is 43.6 Å². The van der Waals surface area contributed by atoms with Crippen LogP contribution in [0.2, 0.25) is 0 Å². The minimum Gasteiger partial charge on any atom is -0.307 e. The van der Waals surface area contributed by atoms with Crippen molar-refractivity contribution in [2.24, 2.45) is 0 Å². The molecule has 16 rings (SSSR count). The molecule has 8 heteroatoms. The molecule has 0 aliphatic heterocycles. The zero-order chi connectivity index (χ0) is 58.5. The van der Waals surface area contributed by atoms with E-state index in [4.69, 9.17) is 24.9 Å². The fourth-order valence-electron chi connectivity index (χ4n) is 12.5. The number of nitrogens with zero attached hydrogens (tertiary/aromatic N) is 8. The third-order valence-corrected chi connectivity index (χ3v) is 16.7. The molecule has 8 nitrogen and oxygen atoms in total. The van der Waals surface area contributed by atoms with Crippen molar-refractivity contribution in [1.29, 1.82) is 5.26 Å². The van der Waals surface area contributed by atoms with Gasteiger partial charge in [0.2, 0.25) is 0 Å². The zero-order valence-corrected chi connectivity index (χ0v) is 47.4. The molecule has 0 N–H and O–H groups in total. The summed E-state index contributed by atoms with van der Waals surface area (Å²) >= 11 is 0. The van der Waals surface area contributed by atoms with Crippen LogP contribution in [0.15, 0.2) is 304 Å². The van der Waals surface area contributed by atoms with Crippen LogP contribution < -0.4 is 0 Å². The summed E-state index contributed by atoms with van der Waals surface area (Å²) in [5.41, 5.74) is 22.3. The molecule has 7 aromatic heterocycles. The standard InChI is InChI=1S/C80H50N8/c81-49-60-27-13-14-28-61(60)80-78(87-74-45-56(70-33-15-29-66(83-70)52-19-5-1-6-20-52)37-41-62(74)63-42-38-57(46-75(63)87)71-34-16-30-67(84-71)53-21-7-2-8-22-53)50-82-51-79(80)88-76-47-58(72-35-17-31-68(85-72)54-23-9-3-10-24-54)39-43-64(76)65-44-40-59(48-77(65)88)73-36-18-32-69(86-73)55-25-11-4-12-26-55/h1-48,50-51H. The van der Waals surface area contributed by atoms with Gasteiger partial charge in [0.15, 0.2) is 0 Å². The Morgan fingerprint density at radius 2 is 0.534 bits per heavy atom. The summed E-state index contributed by atoms with van der Waals surface area (Å²) in [6, 6.07) is 103. The first kappa shape index (κ1) is 51.5. The Labute approximate surface area is 507 Å². The number of hydrogen-bond donors (Lipinski definition) is 0. The minimum atomic E-state index is 0.521. The van der Waals surface area contributed by atoms with Crippen molar-refractivity contribution in [3.05, 3.63) is 309 Å². The lowest BCUT2D eigenvalue weighted by molar-refractivity contribution is 1.09. The Morgan fingerprint density at radius 1 is 0.261 bits per heavy atom. The second kappa shape index (κ2) is 21.8. The lowest BCUT2D eigenvalue weighted by atomic mass is 9.97. The first-order valence-corrected chi connectivity index (χ1v) is 29.3. The monoisotopic (exact) mass is 1120 g/mol. The Kier molecular flexibility index (Phi) is 12.7. The predicted molar refractivity (Wildman–Crippen MR) is 358 cm³/mol. The summed E-state index contributed by atoms with van der Waals surface area (Å²) in [7, 11) is 0. The fourth-order valence-corrected chi connectivity index (χ4v) is 12.5. The first-order chi connectivity index (χ1) is 43.6. The number of aromatic nitrogens is 7. The molecule has 9 aromatic carbocycles. The van der Waals surface area contributed by atoms with E-state index in [9.17, 15) is 5.26 Å². The van der Waals surface area contributed by atoms with Gasteiger partial charge in [0.05, 0.1) is 103 Å². The van der Waals surface area contributed by atoms with Crippen LogP contribution in [0.4, 0.5) is 0 Å². The summed E-state index contributed by atoms with van der Waals surface area (Å²) in [6.07, 6.45) is 3.91. The largest absolute Gasteiger partial charge is 0.307 e. The van der Waals surface area contributed by atoms with Gasteiger partial charge in [0, 0.05) is 77.2 Å². The predicted octanol–water partition coefficient (Wildman–Crippen LogP) is 19.7. The molecule has 7 heterocycles. The molecule has 0 spiro atoms. The molecule has 0 radical (unpaired) electrons. The summed E-state index contributed by atoms with van der Waals surface area (Å²) in [5.74, 6) is 0. The number of benzene rings is 9. The molecule has 0 saturated heterocycles. The van der Waals surface area contributed by atoms with Gasteiger partial charge >= 0.3 is 0 Å². The van der Waals surface area contributed by atoms with E-state index in [0.717, 1.165) is 156 Å². The third kappa shape index (κ3) is 9.15. The fraction of sp³-hybridized carbons (Fsp3) is 0. The molecular formula is C80H50N8. The van der Waals surface area contributed by atoms with E-state index in [1.54, 1.807) is 0 Å². The highest BCUT2D eigenvalue weighted by Crippen LogP contribution is 2.45. The normalized spacial score (nSPS) is 11.4. The summed E-state index contributed by atoms with van der Waals surface area (Å²) in [4.78, 5) is 26.4. The van der Waals surface area contributed by atoms with Crippen molar-refractivity contribution in [3.8, 4) is 119 Å². The molecule has 0 bridgehead atoms. The lowest BCUT2D eigenvalue weighted by Crippen LogP contribution is -2.06. The van der Waals surface area contributed by atoms with E-state index in [1.807, 2.05) is 103 Å². The first-order valence-electron chi connectivity index (χ1n) is 29.3. The van der Waals surface area contributed by atoms with E-state index in [-0.39, 0.29) is 0 Å². The van der Waals surface area contributed by atoms with Gasteiger partial charge in [-0.05, 0) is 78.9 Å². The highest BCUT2D eigenvalue weighted by atomic mass is 15.0. The Balaban J connectivity index is 0.988. The van der Waals surface area contributed by atoms with Gasteiger partial charge in [-0.1, -0.05) is 212 Å². The molecule has 0 amide bonds. The van der Waals surface area contributed by atoms with Crippen LogP contribution in [0.3, 0.4) is 0 Å². The molecule has 0 atom stereocenters. The van der Waals surface area contributed by atoms with Crippen LogP contribution in [-0.2, 0) is 0 Å². The van der Waals surface area contributed by atoms with Gasteiger partial charge in [-0.25, -0.2) is 19.9 Å². The van der Waals surface area contributed by atoms with Crippen LogP contribution in [-0.4, -0.2) is 34.1 Å². The van der Waals surface area contributed by atoms with Crippen LogP contribution in [0.1, 0.15) is 5.56 Å². The lowest BCUT2D eigenvalue weighted by Gasteiger charge is -2.20. The van der Waals surface area contributed by atoms with Crippen LogP contribution in [0, 0.1) is 11.3 Å². The maximum atomic E-state index is 11.3. The van der Waals surface area contributed by atoms with Gasteiger partial charge < -0.3 is 9.13 Å². The van der Waals surface area contributed by atoms with E-state index < -0.39 is 0 Å². The quantitative estimate of drug-likeness (QED) is 0.128. The van der Waals surface area contributed by atoms with Gasteiger partial charge in [0.25, 0.3) is 0 Å². The highest BCUT2D eigenvalue weighted by molar-refractivity contribution is 6.14. The molecule has 0 fully saturated rings. The van der Waals surface area contributed by atoms with Crippen molar-refractivity contribution in [2.45, 2.75) is 0 Å². The van der Waals surface area contributed by atoms with Gasteiger partial charge in [-0.15, -0.1) is 0 Å².